The van der Waals surface area contributed by atoms with Gasteiger partial charge in [-0.25, -0.2) is 9.97 Å². The van der Waals surface area contributed by atoms with Gasteiger partial charge in [-0.3, -0.25) is 4.79 Å². The summed E-state index contributed by atoms with van der Waals surface area (Å²) >= 11 is 0. The molecule has 1 rings (SSSR count). The predicted molar refractivity (Wildman–Crippen MR) is 86.7 cm³/mol. The van der Waals surface area contributed by atoms with Gasteiger partial charge < -0.3 is 10.6 Å². The van der Waals surface area contributed by atoms with Gasteiger partial charge in [-0.15, -0.1) is 0 Å². The second-order valence-electron chi connectivity index (χ2n) is 6.08. The van der Waals surface area contributed by atoms with Crippen LogP contribution in [0.3, 0.4) is 0 Å². The molecule has 21 heavy (non-hydrogen) atoms. The minimum atomic E-state index is -0.140. The molecule has 1 aromatic rings. The normalized spacial score (nSPS) is 12.6. The topological polar surface area (TPSA) is 66.9 Å². The fourth-order valence-electron chi connectivity index (χ4n) is 1.68. The molecule has 0 aliphatic carbocycles. The molecule has 0 bridgehead atoms. The zero-order chi connectivity index (χ0) is 16.0. The smallest absolute Gasteiger partial charge is 0.272 e. The van der Waals surface area contributed by atoms with E-state index in [9.17, 15) is 4.79 Å². The lowest BCUT2D eigenvalue weighted by Crippen LogP contribution is -2.37. The van der Waals surface area contributed by atoms with Crippen molar-refractivity contribution < 1.29 is 4.79 Å². The van der Waals surface area contributed by atoms with E-state index < -0.39 is 0 Å². The molecule has 0 fully saturated rings. The SMILES string of the molecule is CCCNc1cnc(C(C)C)nc1C(=O)NC(C)C(C)C. The molecule has 1 aromatic heterocycles. The molecule has 0 aromatic carbocycles. The number of aromatic nitrogens is 2. The highest BCUT2D eigenvalue weighted by atomic mass is 16.2. The molecule has 0 radical (unpaired) electrons. The van der Waals surface area contributed by atoms with Crippen LogP contribution >= 0.6 is 0 Å². The largest absolute Gasteiger partial charge is 0.382 e. The van der Waals surface area contributed by atoms with Crippen LogP contribution in [0.2, 0.25) is 0 Å². The van der Waals surface area contributed by atoms with Crippen LogP contribution in [0.1, 0.15) is 70.2 Å². The van der Waals surface area contributed by atoms with Gasteiger partial charge in [0, 0.05) is 18.5 Å². The van der Waals surface area contributed by atoms with Crippen molar-refractivity contribution in [3.05, 3.63) is 17.7 Å². The highest BCUT2D eigenvalue weighted by molar-refractivity contribution is 5.97. The Labute approximate surface area is 128 Å². The van der Waals surface area contributed by atoms with Crippen molar-refractivity contribution >= 4 is 11.6 Å². The fourth-order valence-corrected chi connectivity index (χ4v) is 1.68. The molecule has 1 atom stereocenters. The Morgan fingerprint density at radius 1 is 1.24 bits per heavy atom. The second-order valence-corrected chi connectivity index (χ2v) is 6.08. The number of hydrogen-bond acceptors (Lipinski definition) is 4. The highest BCUT2D eigenvalue weighted by Crippen LogP contribution is 2.17. The van der Waals surface area contributed by atoms with Crippen molar-refractivity contribution in [2.75, 3.05) is 11.9 Å². The van der Waals surface area contributed by atoms with E-state index >= 15 is 0 Å². The van der Waals surface area contributed by atoms with Crippen molar-refractivity contribution in [2.24, 2.45) is 5.92 Å². The molecule has 0 spiro atoms. The van der Waals surface area contributed by atoms with Crippen LogP contribution < -0.4 is 10.6 Å². The molecule has 0 saturated heterocycles. The Kier molecular flexibility index (Phi) is 6.59. The van der Waals surface area contributed by atoms with Gasteiger partial charge in [-0.2, -0.15) is 0 Å². The van der Waals surface area contributed by atoms with Gasteiger partial charge in [0.1, 0.15) is 5.82 Å². The average Bonchev–Trinajstić information content (AvgIpc) is 2.44. The van der Waals surface area contributed by atoms with E-state index in [0.29, 0.717) is 23.1 Å². The van der Waals surface area contributed by atoms with Gasteiger partial charge in [-0.05, 0) is 19.3 Å². The second kappa shape index (κ2) is 7.96. The first-order valence-electron chi connectivity index (χ1n) is 7.78. The molecule has 5 heteroatoms. The first-order chi connectivity index (χ1) is 9.86. The Balaban J connectivity index is 3.03. The molecule has 118 valence electrons. The minimum Gasteiger partial charge on any atom is -0.382 e. The molecule has 5 nitrogen and oxygen atoms in total. The predicted octanol–water partition coefficient (Wildman–Crippen LogP) is 3.20. The van der Waals surface area contributed by atoms with Crippen molar-refractivity contribution in [3.8, 4) is 0 Å². The molecular formula is C16H28N4O. The Morgan fingerprint density at radius 2 is 1.90 bits per heavy atom. The minimum absolute atomic E-state index is 0.106. The lowest BCUT2D eigenvalue weighted by molar-refractivity contribution is 0.0926. The van der Waals surface area contributed by atoms with Crippen molar-refractivity contribution in [1.29, 1.82) is 0 Å². The van der Waals surface area contributed by atoms with Crippen molar-refractivity contribution in [1.82, 2.24) is 15.3 Å². The summed E-state index contributed by atoms with van der Waals surface area (Å²) in [7, 11) is 0. The highest BCUT2D eigenvalue weighted by Gasteiger charge is 2.19. The lowest BCUT2D eigenvalue weighted by atomic mass is 10.1. The van der Waals surface area contributed by atoms with Gasteiger partial charge >= 0.3 is 0 Å². The van der Waals surface area contributed by atoms with E-state index in [1.807, 2.05) is 20.8 Å². The number of amides is 1. The Bertz CT molecular complexity index is 471. The van der Waals surface area contributed by atoms with Crippen LogP contribution in [0, 0.1) is 5.92 Å². The monoisotopic (exact) mass is 292 g/mol. The maximum Gasteiger partial charge on any atom is 0.272 e. The maximum absolute atomic E-state index is 12.5. The summed E-state index contributed by atoms with van der Waals surface area (Å²) in [5, 5.41) is 6.24. The van der Waals surface area contributed by atoms with Crippen molar-refractivity contribution in [3.63, 3.8) is 0 Å². The van der Waals surface area contributed by atoms with Crippen LogP contribution in [0.5, 0.6) is 0 Å². The summed E-state index contributed by atoms with van der Waals surface area (Å²) < 4.78 is 0. The van der Waals surface area contributed by atoms with E-state index in [-0.39, 0.29) is 17.9 Å². The molecule has 0 saturated carbocycles. The average molecular weight is 292 g/mol. The molecule has 1 heterocycles. The number of anilines is 1. The van der Waals surface area contributed by atoms with E-state index in [0.717, 1.165) is 13.0 Å². The van der Waals surface area contributed by atoms with Gasteiger partial charge in [0.05, 0.1) is 11.9 Å². The van der Waals surface area contributed by atoms with Gasteiger partial charge in [0.15, 0.2) is 5.69 Å². The summed E-state index contributed by atoms with van der Waals surface area (Å²) in [5.74, 6) is 1.13. The molecule has 2 N–H and O–H groups in total. The third kappa shape index (κ3) is 4.99. The third-order valence-corrected chi connectivity index (χ3v) is 3.46. The molecule has 1 unspecified atom stereocenters. The summed E-state index contributed by atoms with van der Waals surface area (Å²) in [6.45, 7) is 13.1. The van der Waals surface area contributed by atoms with E-state index in [2.05, 4.69) is 41.4 Å². The molecular weight excluding hydrogens is 264 g/mol. The van der Waals surface area contributed by atoms with Gasteiger partial charge in [-0.1, -0.05) is 34.6 Å². The zero-order valence-electron chi connectivity index (χ0n) is 14.0. The Morgan fingerprint density at radius 3 is 2.43 bits per heavy atom. The summed E-state index contributed by atoms with van der Waals surface area (Å²) in [5.41, 5.74) is 1.14. The number of nitrogens with one attached hydrogen (secondary N) is 2. The summed E-state index contributed by atoms with van der Waals surface area (Å²) in [4.78, 5) is 21.3. The zero-order valence-corrected chi connectivity index (χ0v) is 14.0. The van der Waals surface area contributed by atoms with Crippen LogP contribution in [0.4, 0.5) is 5.69 Å². The number of carbonyl (C=O) groups excluding carboxylic acids is 1. The molecule has 0 aliphatic heterocycles. The van der Waals surface area contributed by atoms with Crippen LogP contribution in [-0.2, 0) is 0 Å². The van der Waals surface area contributed by atoms with Crippen LogP contribution in [-0.4, -0.2) is 28.5 Å². The van der Waals surface area contributed by atoms with Crippen LogP contribution in [0.15, 0.2) is 6.20 Å². The number of rotatable bonds is 7. The first-order valence-corrected chi connectivity index (χ1v) is 7.78. The quantitative estimate of drug-likeness (QED) is 0.810. The first kappa shape index (κ1) is 17.4. The van der Waals surface area contributed by atoms with Gasteiger partial charge in [0.25, 0.3) is 5.91 Å². The van der Waals surface area contributed by atoms with Crippen molar-refractivity contribution in [2.45, 2.75) is 59.9 Å². The van der Waals surface area contributed by atoms with Gasteiger partial charge in [0.2, 0.25) is 0 Å². The third-order valence-electron chi connectivity index (χ3n) is 3.46. The standard InChI is InChI=1S/C16H28N4O/c1-7-8-17-13-9-18-15(11(4)5)20-14(13)16(21)19-12(6)10(2)3/h9-12,17H,7-8H2,1-6H3,(H,19,21). The van der Waals surface area contributed by atoms with E-state index in [1.54, 1.807) is 6.20 Å². The maximum atomic E-state index is 12.5. The summed E-state index contributed by atoms with van der Waals surface area (Å²) in [6, 6.07) is 0.106. The fraction of sp³-hybridized carbons (Fsp3) is 0.688. The number of carbonyl (C=O) groups is 1. The molecule has 1 amide bonds. The van der Waals surface area contributed by atoms with Crippen LogP contribution in [0.25, 0.3) is 0 Å². The summed E-state index contributed by atoms with van der Waals surface area (Å²) in [6.07, 6.45) is 2.70. The van der Waals surface area contributed by atoms with E-state index in [1.165, 1.54) is 0 Å². The number of nitrogens with zero attached hydrogens (tertiary/aromatic N) is 2. The molecule has 0 aliphatic rings. The Hall–Kier alpha value is -1.65. The number of hydrogen-bond donors (Lipinski definition) is 2. The van der Waals surface area contributed by atoms with E-state index in [4.69, 9.17) is 0 Å². The lowest BCUT2D eigenvalue weighted by Gasteiger charge is -2.19.